The van der Waals surface area contributed by atoms with Crippen LogP contribution in [0.1, 0.15) is 22.3 Å². The first-order chi connectivity index (χ1) is 10.2. The summed E-state index contributed by atoms with van der Waals surface area (Å²) in [6.07, 6.45) is -0.369. The number of hydrogen-bond acceptors (Lipinski definition) is 4. The van der Waals surface area contributed by atoms with Crippen molar-refractivity contribution in [3.8, 4) is 0 Å². The highest BCUT2D eigenvalue weighted by molar-refractivity contribution is 6.29. The van der Waals surface area contributed by atoms with Crippen LogP contribution in [0.5, 0.6) is 0 Å². The molecule has 1 aromatic carbocycles. The summed E-state index contributed by atoms with van der Waals surface area (Å²) in [6.45, 7) is 1.15. The van der Waals surface area contributed by atoms with Crippen LogP contribution >= 0.6 is 11.6 Å². The molecule has 0 radical (unpaired) electrons. The van der Waals surface area contributed by atoms with Crippen molar-refractivity contribution in [1.29, 1.82) is 0 Å². The van der Waals surface area contributed by atoms with Gasteiger partial charge in [-0.2, -0.15) is 0 Å². The van der Waals surface area contributed by atoms with Gasteiger partial charge in [0.1, 0.15) is 10.8 Å². The molecule has 6 heteroatoms. The van der Waals surface area contributed by atoms with Crippen LogP contribution in [0.4, 0.5) is 5.69 Å². The van der Waals surface area contributed by atoms with E-state index in [1.165, 1.54) is 0 Å². The minimum Gasteiger partial charge on any atom is -0.346 e. The highest BCUT2D eigenvalue weighted by Gasteiger charge is 2.18. The molecule has 21 heavy (non-hydrogen) atoms. The number of halogens is 1. The van der Waals surface area contributed by atoms with E-state index >= 15 is 0 Å². The van der Waals surface area contributed by atoms with Gasteiger partial charge in [0, 0.05) is 11.3 Å². The van der Waals surface area contributed by atoms with Gasteiger partial charge in [-0.3, -0.25) is 4.79 Å². The van der Waals surface area contributed by atoms with Crippen molar-refractivity contribution in [2.24, 2.45) is 0 Å². The molecular formula is C15H13ClN2O3. The zero-order chi connectivity index (χ0) is 14.7. The van der Waals surface area contributed by atoms with E-state index in [-0.39, 0.29) is 23.0 Å². The zero-order valence-corrected chi connectivity index (χ0v) is 11.8. The van der Waals surface area contributed by atoms with E-state index in [0.29, 0.717) is 18.9 Å². The topological polar surface area (TPSA) is 60.5 Å². The molecule has 2 aromatic rings. The Hall–Kier alpha value is -1.95. The van der Waals surface area contributed by atoms with Gasteiger partial charge >= 0.3 is 0 Å². The van der Waals surface area contributed by atoms with Gasteiger partial charge in [0.2, 0.25) is 0 Å². The van der Waals surface area contributed by atoms with Crippen LogP contribution in [0.2, 0.25) is 5.15 Å². The largest absolute Gasteiger partial charge is 0.346 e. The Morgan fingerprint density at radius 3 is 2.71 bits per heavy atom. The lowest BCUT2D eigenvalue weighted by Crippen LogP contribution is -2.14. The van der Waals surface area contributed by atoms with Crippen LogP contribution in [0.25, 0.3) is 0 Å². The van der Waals surface area contributed by atoms with E-state index in [1.54, 1.807) is 24.3 Å². The molecule has 108 valence electrons. The molecule has 1 fully saturated rings. The van der Waals surface area contributed by atoms with Gasteiger partial charge in [-0.05, 0) is 24.3 Å². The lowest BCUT2D eigenvalue weighted by molar-refractivity contribution is -0.0440. The maximum Gasteiger partial charge on any atom is 0.274 e. The van der Waals surface area contributed by atoms with E-state index in [1.807, 2.05) is 18.2 Å². The predicted octanol–water partition coefficient (Wildman–Crippen LogP) is 3.03. The van der Waals surface area contributed by atoms with Crippen molar-refractivity contribution < 1.29 is 14.3 Å². The lowest BCUT2D eigenvalue weighted by atomic mass is 10.2. The number of carbonyl (C=O) groups is 1. The molecule has 0 bridgehead atoms. The molecule has 3 rings (SSSR count). The van der Waals surface area contributed by atoms with Gasteiger partial charge in [-0.15, -0.1) is 0 Å². The summed E-state index contributed by atoms with van der Waals surface area (Å²) in [5.74, 6) is -0.317. The van der Waals surface area contributed by atoms with Crippen molar-refractivity contribution in [3.05, 3.63) is 58.9 Å². The quantitative estimate of drug-likeness (QED) is 0.885. The van der Waals surface area contributed by atoms with E-state index in [2.05, 4.69) is 10.3 Å². The summed E-state index contributed by atoms with van der Waals surface area (Å²) in [5, 5.41) is 3.06. The van der Waals surface area contributed by atoms with Gasteiger partial charge in [-0.1, -0.05) is 29.8 Å². The van der Waals surface area contributed by atoms with Crippen LogP contribution in [-0.4, -0.2) is 24.1 Å². The summed E-state index contributed by atoms with van der Waals surface area (Å²) in [6, 6.07) is 12.2. The van der Waals surface area contributed by atoms with Crippen LogP contribution in [0.15, 0.2) is 42.5 Å². The van der Waals surface area contributed by atoms with Crippen LogP contribution in [0.3, 0.4) is 0 Å². The molecule has 1 saturated heterocycles. The first-order valence-corrected chi connectivity index (χ1v) is 6.87. The Morgan fingerprint density at radius 2 is 1.95 bits per heavy atom. The maximum absolute atomic E-state index is 12.1. The van der Waals surface area contributed by atoms with Gasteiger partial charge < -0.3 is 14.8 Å². The standard InChI is InChI=1S/C15H13ClN2O3/c16-13-6-2-5-12(18-13)14(19)17-11-4-1-3-10(9-11)15-20-7-8-21-15/h1-6,9,15H,7-8H2,(H,17,19). The van der Waals surface area contributed by atoms with Crippen molar-refractivity contribution in [2.45, 2.75) is 6.29 Å². The molecule has 2 heterocycles. The van der Waals surface area contributed by atoms with E-state index in [4.69, 9.17) is 21.1 Å². The second-order valence-corrected chi connectivity index (χ2v) is 4.89. The number of amides is 1. The third-order valence-corrected chi connectivity index (χ3v) is 3.20. The Labute approximate surface area is 126 Å². The summed E-state index contributed by atoms with van der Waals surface area (Å²) in [5.41, 5.74) is 1.78. The van der Waals surface area contributed by atoms with Gasteiger partial charge in [0.15, 0.2) is 6.29 Å². The smallest absolute Gasteiger partial charge is 0.274 e. The third-order valence-electron chi connectivity index (χ3n) is 2.99. The molecule has 0 unspecified atom stereocenters. The molecule has 1 aliphatic rings. The second kappa shape index (κ2) is 6.22. The molecule has 1 N–H and O–H groups in total. The molecule has 1 amide bonds. The third kappa shape index (κ3) is 3.39. The molecular weight excluding hydrogens is 292 g/mol. The number of nitrogens with one attached hydrogen (secondary N) is 1. The minimum absolute atomic E-state index is 0.265. The molecule has 0 aliphatic carbocycles. The van der Waals surface area contributed by atoms with Crippen molar-refractivity contribution >= 4 is 23.2 Å². The normalized spacial score (nSPS) is 15.1. The Kier molecular flexibility index (Phi) is 4.15. The molecule has 0 atom stereocenters. The van der Waals surface area contributed by atoms with E-state index < -0.39 is 0 Å². The first kappa shape index (κ1) is 14.0. The number of nitrogens with zero attached hydrogens (tertiary/aromatic N) is 1. The van der Waals surface area contributed by atoms with E-state index in [9.17, 15) is 4.79 Å². The van der Waals surface area contributed by atoms with E-state index in [0.717, 1.165) is 5.56 Å². The number of carbonyl (C=O) groups excluding carboxylic acids is 1. The lowest BCUT2D eigenvalue weighted by Gasteiger charge is -2.11. The van der Waals surface area contributed by atoms with Gasteiger partial charge in [0.25, 0.3) is 5.91 Å². The number of rotatable bonds is 3. The average molecular weight is 305 g/mol. The number of hydrogen-bond donors (Lipinski definition) is 1. The average Bonchev–Trinajstić information content (AvgIpc) is 3.02. The number of ether oxygens (including phenoxy) is 2. The summed E-state index contributed by atoms with van der Waals surface area (Å²) in [7, 11) is 0. The zero-order valence-electron chi connectivity index (χ0n) is 11.1. The fraction of sp³-hybridized carbons (Fsp3) is 0.200. The number of pyridine rings is 1. The predicted molar refractivity (Wildman–Crippen MR) is 78.3 cm³/mol. The highest BCUT2D eigenvalue weighted by Crippen LogP contribution is 2.25. The van der Waals surface area contributed by atoms with Gasteiger partial charge in [-0.25, -0.2) is 4.98 Å². The second-order valence-electron chi connectivity index (χ2n) is 4.50. The van der Waals surface area contributed by atoms with Crippen molar-refractivity contribution in [3.63, 3.8) is 0 Å². The fourth-order valence-corrected chi connectivity index (χ4v) is 2.21. The SMILES string of the molecule is O=C(Nc1cccc(C2OCCO2)c1)c1cccc(Cl)n1. The molecule has 5 nitrogen and oxygen atoms in total. The van der Waals surface area contributed by atoms with Gasteiger partial charge in [0.05, 0.1) is 13.2 Å². The summed E-state index contributed by atoms with van der Waals surface area (Å²) in [4.78, 5) is 16.1. The first-order valence-electron chi connectivity index (χ1n) is 6.49. The van der Waals surface area contributed by atoms with Crippen LogP contribution in [0, 0.1) is 0 Å². The maximum atomic E-state index is 12.1. The summed E-state index contributed by atoms with van der Waals surface area (Å²) >= 11 is 5.78. The molecule has 1 aliphatic heterocycles. The monoisotopic (exact) mass is 304 g/mol. The molecule has 0 saturated carbocycles. The van der Waals surface area contributed by atoms with Crippen LogP contribution in [-0.2, 0) is 9.47 Å². The summed E-state index contributed by atoms with van der Waals surface area (Å²) < 4.78 is 10.9. The van der Waals surface area contributed by atoms with Crippen LogP contribution < -0.4 is 5.32 Å². The van der Waals surface area contributed by atoms with Crippen molar-refractivity contribution in [1.82, 2.24) is 4.98 Å². The highest BCUT2D eigenvalue weighted by atomic mass is 35.5. The Morgan fingerprint density at radius 1 is 1.19 bits per heavy atom. The Bertz CT molecular complexity index is 657. The molecule has 1 aromatic heterocycles. The number of benzene rings is 1. The minimum atomic E-state index is -0.369. The Balaban J connectivity index is 1.75. The number of aromatic nitrogens is 1. The fourth-order valence-electron chi connectivity index (χ4n) is 2.04. The van der Waals surface area contributed by atoms with Crippen molar-refractivity contribution in [2.75, 3.05) is 18.5 Å². The molecule has 0 spiro atoms. The number of anilines is 1.